The lowest BCUT2D eigenvalue weighted by Crippen LogP contribution is -2.32. The van der Waals surface area contributed by atoms with Crippen molar-refractivity contribution in [3.8, 4) is 0 Å². The second kappa shape index (κ2) is 5.65. The molecule has 10 nitrogen and oxygen atoms in total. The Balaban J connectivity index is 0.000000366. The molecule has 1 aromatic heterocycles. The van der Waals surface area contributed by atoms with E-state index in [9.17, 15) is 23.1 Å². The highest BCUT2D eigenvalue weighted by molar-refractivity contribution is 7.80. The average Bonchev–Trinajstić information content (AvgIpc) is 2.46. The van der Waals surface area contributed by atoms with Gasteiger partial charge < -0.3 is 14.7 Å². The summed E-state index contributed by atoms with van der Waals surface area (Å²) in [6, 6.07) is 0. The smallest absolute Gasteiger partial charge is 0.654 e. The van der Waals surface area contributed by atoms with Crippen molar-refractivity contribution in [1.29, 1.82) is 0 Å². The topological polar surface area (TPSA) is 131 Å². The van der Waals surface area contributed by atoms with Crippen molar-refractivity contribution in [3.63, 3.8) is 0 Å². The molecule has 1 heterocycles. The van der Waals surface area contributed by atoms with Crippen LogP contribution in [0.15, 0.2) is 0 Å². The zero-order valence-corrected chi connectivity index (χ0v) is 10.5. The molecule has 1 rings (SSSR count). The van der Waals surface area contributed by atoms with Crippen LogP contribution in [0.4, 0.5) is 5.95 Å². The van der Waals surface area contributed by atoms with Crippen LogP contribution >= 0.6 is 0 Å². The number of nitrogens with zero attached hydrogens (tertiary/aromatic N) is 4. The Morgan fingerprint density at radius 2 is 1.94 bits per heavy atom. The molecule has 0 N–H and O–H groups in total. The quantitative estimate of drug-likeness (QED) is 0.211. The first-order valence-corrected chi connectivity index (χ1v) is 5.49. The Bertz CT molecular complexity index is 507. The minimum absolute atomic E-state index is 0.134. The van der Waals surface area contributed by atoms with Crippen molar-refractivity contribution in [2.24, 2.45) is 14.1 Å². The highest BCUT2D eigenvalue weighted by Crippen LogP contribution is 1.98. The lowest BCUT2D eigenvalue weighted by molar-refractivity contribution is -0.721. The van der Waals surface area contributed by atoms with E-state index in [1.807, 2.05) is 0 Å². The third-order valence-electron chi connectivity index (χ3n) is 1.86. The molecule has 0 unspecified atom stereocenters. The number of nitro groups is 1. The summed E-state index contributed by atoms with van der Waals surface area (Å²) < 4.78 is 33.9. The predicted octanol–water partition coefficient (Wildman–Crippen LogP) is -1.45. The summed E-state index contributed by atoms with van der Waals surface area (Å²) in [5, 5.41) is 14.0. The van der Waals surface area contributed by atoms with E-state index in [1.54, 1.807) is 21.0 Å². The van der Waals surface area contributed by atoms with Crippen LogP contribution in [0.1, 0.15) is 5.82 Å². The van der Waals surface area contributed by atoms with E-state index in [2.05, 4.69) is 9.28 Å². The summed E-state index contributed by atoms with van der Waals surface area (Å²) in [5.74, 6) is 0.613. The third-order valence-corrected chi connectivity index (χ3v) is 2.27. The van der Waals surface area contributed by atoms with E-state index in [-0.39, 0.29) is 5.95 Å². The summed E-state index contributed by atoms with van der Waals surface area (Å²) in [4.78, 5) is 9.79. The van der Waals surface area contributed by atoms with Gasteiger partial charge in [0.05, 0.1) is 19.1 Å². The molecule has 0 fully saturated rings. The Labute approximate surface area is 97.5 Å². The number of hydrogen-bond acceptors (Lipinski definition) is 7. The second-order valence-electron chi connectivity index (χ2n) is 2.86. The lowest BCUT2D eigenvalue weighted by Gasteiger charge is -1.98. The largest absolute Gasteiger partial charge is 0.726 e. The zero-order valence-electron chi connectivity index (χ0n) is 9.65. The van der Waals surface area contributed by atoms with Gasteiger partial charge >= 0.3 is 5.95 Å². The standard InChI is InChI=1S/C5H9N4O2.CH4O4S/c1-4-7(2)5(9(10)11)6-8(4)3;1-5-6(2,3)4/h1-3H3;1H3,(H,2,3,4)/q+1;/p-1. The van der Waals surface area contributed by atoms with Crippen LogP contribution in [0.5, 0.6) is 0 Å². The molecule has 0 saturated carbocycles. The summed E-state index contributed by atoms with van der Waals surface area (Å²) in [6.07, 6.45) is 0. The lowest BCUT2D eigenvalue weighted by atomic mass is 10.7. The number of aryl methyl sites for hydroxylation is 1. The van der Waals surface area contributed by atoms with E-state index < -0.39 is 15.3 Å². The van der Waals surface area contributed by atoms with Crippen LogP contribution in [-0.4, -0.2) is 34.8 Å². The number of aromatic nitrogens is 3. The monoisotopic (exact) mass is 268 g/mol. The van der Waals surface area contributed by atoms with Crippen LogP contribution in [0.25, 0.3) is 0 Å². The Hall–Kier alpha value is -1.59. The first-order chi connectivity index (χ1) is 7.60. The van der Waals surface area contributed by atoms with E-state index in [0.717, 1.165) is 12.9 Å². The first kappa shape index (κ1) is 15.4. The maximum atomic E-state index is 10.3. The molecule has 0 bridgehead atoms. The molecule has 1 aromatic rings. The minimum Gasteiger partial charge on any atom is -0.726 e. The number of rotatable bonds is 2. The Kier molecular flexibility index (Phi) is 5.12. The van der Waals surface area contributed by atoms with Gasteiger partial charge in [0.2, 0.25) is 16.2 Å². The molecule has 0 aliphatic rings. The zero-order chi connectivity index (χ0) is 13.8. The first-order valence-electron chi connectivity index (χ1n) is 4.15. The van der Waals surface area contributed by atoms with Gasteiger partial charge in [-0.05, 0) is 0 Å². The maximum absolute atomic E-state index is 10.3. The fourth-order valence-electron chi connectivity index (χ4n) is 0.794. The highest BCUT2D eigenvalue weighted by Gasteiger charge is 2.29. The van der Waals surface area contributed by atoms with Crippen molar-refractivity contribution in [1.82, 2.24) is 9.78 Å². The van der Waals surface area contributed by atoms with E-state index in [4.69, 9.17) is 0 Å². The SMILES string of the molecule is COS(=O)(=O)[O-].Cc1n(C)nc([N+](=O)[O-])[n+]1C. The van der Waals surface area contributed by atoms with Crippen molar-refractivity contribution in [2.75, 3.05) is 7.11 Å². The third kappa shape index (κ3) is 4.84. The number of hydrogen-bond donors (Lipinski definition) is 0. The van der Waals surface area contributed by atoms with Crippen LogP contribution < -0.4 is 4.57 Å². The van der Waals surface area contributed by atoms with Gasteiger partial charge in [0, 0.05) is 6.92 Å². The molecule has 0 amide bonds. The second-order valence-corrected chi connectivity index (χ2v) is 4.01. The van der Waals surface area contributed by atoms with Crippen LogP contribution in [0.3, 0.4) is 0 Å². The molecular formula is C6H12N4O6S. The average molecular weight is 268 g/mol. The van der Waals surface area contributed by atoms with E-state index in [1.165, 1.54) is 9.25 Å². The van der Waals surface area contributed by atoms with Gasteiger partial charge in [-0.2, -0.15) is 0 Å². The van der Waals surface area contributed by atoms with Gasteiger partial charge in [-0.25, -0.2) is 8.42 Å². The molecule has 0 aliphatic heterocycles. The molecule has 11 heteroatoms. The molecule has 0 atom stereocenters. The molecule has 98 valence electrons. The van der Waals surface area contributed by atoms with Gasteiger partial charge in [0.1, 0.15) is 7.05 Å². The summed E-state index contributed by atoms with van der Waals surface area (Å²) in [7, 11) is -0.324. The van der Waals surface area contributed by atoms with Crippen molar-refractivity contribution in [3.05, 3.63) is 15.9 Å². The van der Waals surface area contributed by atoms with Gasteiger partial charge in [-0.15, -0.1) is 4.57 Å². The van der Waals surface area contributed by atoms with Gasteiger partial charge in [0.15, 0.2) is 5.10 Å². The van der Waals surface area contributed by atoms with Gasteiger partial charge in [-0.3, -0.25) is 4.18 Å². The van der Waals surface area contributed by atoms with E-state index in [0.29, 0.717) is 0 Å². The van der Waals surface area contributed by atoms with Gasteiger partial charge in [-0.1, -0.05) is 4.68 Å². The fraction of sp³-hybridized carbons (Fsp3) is 0.667. The molecule has 0 spiro atoms. The minimum atomic E-state index is -4.41. The maximum Gasteiger partial charge on any atom is 0.654 e. The molecule has 0 aromatic carbocycles. The molecular weight excluding hydrogens is 256 g/mol. The van der Waals surface area contributed by atoms with Crippen LogP contribution in [0, 0.1) is 17.0 Å². The Morgan fingerprint density at radius 1 is 1.53 bits per heavy atom. The van der Waals surface area contributed by atoms with Crippen LogP contribution in [0.2, 0.25) is 0 Å². The van der Waals surface area contributed by atoms with Crippen molar-refractivity contribution >= 4 is 16.3 Å². The Morgan fingerprint density at radius 3 is 2.06 bits per heavy atom. The van der Waals surface area contributed by atoms with Crippen LogP contribution in [-0.2, 0) is 28.7 Å². The normalized spacial score (nSPS) is 10.6. The van der Waals surface area contributed by atoms with Crippen molar-refractivity contribution < 1.29 is 26.6 Å². The molecule has 0 aliphatic carbocycles. The summed E-state index contributed by atoms with van der Waals surface area (Å²) in [5.41, 5.74) is 0. The van der Waals surface area contributed by atoms with E-state index >= 15 is 0 Å². The fourth-order valence-corrected chi connectivity index (χ4v) is 0.794. The predicted molar refractivity (Wildman–Crippen MR) is 52.5 cm³/mol. The summed E-state index contributed by atoms with van der Waals surface area (Å²) in [6.45, 7) is 1.76. The molecule has 0 radical (unpaired) electrons. The van der Waals surface area contributed by atoms with Gasteiger partial charge in [0.25, 0.3) is 0 Å². The molecule has 17 heavy (non-hydrogen) atoms. The summed E-state index contributed by atoms with van der Waals surface area (Å²) >= 11 is 0. The molecule has 0 saturated heterocycles. The van der Waals surface area contributed by atoms with Crippen molar-refractivity contribution in [2.45, 2.75) is 6.92 Å². The highest BCUT2D eigenvalue weighted by atomic mass is 32.3.